The van der Waals surface area contributed by atoms with E-state index in [0.29, 0.717) is 0 Å². The molecule has 4 N–H and O–H groups in total. The molecule has 0 rings (SSSR count). The summed E-state index contributed by atoms with van der Waals surface area (Å²) < 4.78 is 9.60. The van der Waals surface area contributed by atoms with Crippen LogP contribution >= 0.6 is 0 Å². The maximum absolute atomic E-state index is 12.0. The van der Waals surface area contributed by atoms with Gasteiger partial charge in [-0.15, -0.1) is 0 Å². The number of ether oxygens (including phenoxy) is 2. The van der Waals surface area contributed by atoms with Crippen LogP contribution in [-0.2, 0) is 23.9 Å². The average molecular weight is 275 g/mol. The van der Waals surface area contributed by atoms with Crippen molar-refractivity contribution in [3.05, 3.63) is 0 Å². The SMILES string of the molecule is CCOC(=O)CN(CCOC)C(=O)C(N)CC(N)=O. The lowest BCUT2D eigenvalue weighted by molar-refractivity contribution is -0.149. The Hall–Kier alpha value is -1.67. The summed E-state index contributed by atoms with van der Waals surface area (Å²) in [5.41, 5.74) is 10.5. The van der Waals surface area contributed by atoms with Crippen LogP contribution in [0.1, 0.15) is 13.3 Å². The smallest absolute Gasteiger partial charge is 0.325 e. The van der Waals surface area contributed by atoms with Crippen molar-refractivity contribution in [1.29, 1.82) is 0 Å². The summed E-state index contributed by atoms with van der Waals surface area (Å²) in [5, 5.41) is 0. The van der Waals surface area contributed by atoms with E-state index in [1.165, 1.54) is 12.0 Å². The van der Waals surface area contributed by atoms with Crippen LogP contribution in [0, 0.1) is 0 Å². The Bertz CT molecular complexity index is 321. The van der Waals surface area contributed by atoms with Gasteiger partial charge < -0.3 is 25.8 Å². The Balaban J connectivity index is 4.58. The summed E-state index contributed by atoms with van der Waals surface area (Å²) >= 11 is 0. The Kier molecular flexibility index (Phi) is 8.47. The van der Waals surface area contributed by atoms with Crippen LogP contribution in [0.3, 0.4) is 0 Å². The monoisotopic (exact) mass is 275 g/mol. The molecule has 0 aromatic heterocycles. The number of nitrogens with two attached hydrogens (primary N) is 2. The molecule has 0 saturated heterocycles. The summed E-state index contributed by atoms with van der Waals surface area (Å²) in [6, 6.07) is -1.07. The second kappa shape index (κ2) is 9.29. The number of hydrogen-bond acceptors (Lipinski definition) is 6. The topological polar surface area (TPSA) is 125 Å². The van der Waals surface area contributed by atoms with Crippen molar-refractivity contribution in [3.63, 3.8) is 0 Å². The van der Waals surface area contributed by atoms with Gasteiger partial charge in [-0.05, 0) is 6.92 Å². The molecular formula is C11H21N3O5. The van der Waals surface area contributed by atoms with Crippen molar-refractivity contribution in [2.24, 2.45) is 11.5 Å². The minimum Gasteiger partial charge on any atom is -0.465 e. The van der Waals surface area contributed by atoms with E-state index in [9.17, 15) is 14.4 Å². The van der Waals surface area contributed by atoms with Gasteiger partial charge >= 0.3 is 5.97 Å². The molecule has 0 aromatic rings. The van der Waals surface area contributed by atoms with Gasteiger partial charge in [-0.25, -0.2) is 0 Å². The molecule has 0 aliphatic carbocycles. The standard InChI is InChI=1S/C11H21N3O5/c1-3-19-10(16)7-14(4-5-18-2)11(17)8(12)6-9(13)15/h8H,3-7,12H2,1-2H3,(H2,13,15). The molecule has 110 valence electrons. The van der Waals surface area contributed by atoms with Crippen LogP contribution < -0.4 is 11.5 Å². The lowest BCUT2D eigenvalue weighted by atomic mass is 10.2. The van der Waals surface area contributed by atoms with E-state index in [1.807, 2.05) is 0 Å². The fourth-order valence-electron chi connectivity index (χ4n) is 1.37. The number of rotatable bonds is 9. The predicted octanol–water partition coefficient (Wildman–Crippen LogP) is -1.77. The molecule has 0 spiro atoms. The van der Waals surface area contributed by atoms with Gasteiger partial charge in [0, 0.05) is 13.7 Å². The zero-order valence-electron chi connectivity index (χ0n) is 11.3. The summed E-state index contributed by atoms with van der Waals surface area (Å²) in [6.07, 6.45) is -0.273. The quantitative estimate of drug-likeness (QED) is 0.480. The van der Waals surface area contributed by atoms with Gasteiger partial charge in [0.2, 0.25) is 11.8 Å². The van der Waals surface area contributed by atoms with Gasteiger partial charge in [-0.2, -0.15) is 0 Å². The Morgan fingerprint density at radius 2 is 1.95 bits per heavy atom. The van der Waals surface area contributed by atoms with Crippen molar-refractivity contribution in [1.82, 2.24) is 4.90 Å². The summed E-state index contributed by atoms with van der Waals surface area (Å²) in [6.45, 7) is 2.08. The van der Waals surface area contributed by atoms with E-state index in [2.05, 4.69) is 0 Å². The van der Waals surface area contributed by atoms with Crippen molar-refractivity contribution >= 4 is 17.8 Å². The lowest BCUT2D eigenvalue weighted by Gasteiger charge is -2.24. The van der Waals surface area contributed by atoms with E-state index >= 15 is 0 Å². The number of carbonyl (C=O) groups is 3. The molecular weight excluding hydrogens is 254 g/mol. The van der Waals surface area contributed by atoms with Crippen molar-refractivity contribution in [2.75, 3.05) is 33.4 Å². The molecule has 1 unspecified atom stereocenters. The summed E-state index contributed by atoms with van der Waals surface area (Å²) in [7, 11) is 1.47. The molecule has 2 amide bonds. The highest BCUT2D eigenvalue weighted by Crippen LogP contribution is 1.99. The average Bonchev–Trinajstić information content (AvgIpc) is 2.33. The summed E-state index contributed by atoms with van der Waals surface area (Å²) in [5.74, 6) is -1.76. The van der Waals surface area contributed by atoms with Crippen LogP contribution in [-0.4, -0.2) is 62.1 Å². The highest BCUT2D eigenvalue weighted by molar-refractivity contribution is 5.89. The Labute approximate surface area is 112 Å². The molecule has 0 saturated carbocycles. The first-order valence-electron chi connectivity index (χ1n) is 5.89. The van der Waals surface area contributed by atoms with Gasteiger partial charge in [0.1, 0.15) is 6.54 Å². The van der Waals surface area contributed by atoms with Gasteiger partial charge in [0.05, 0.1) is 25.7 Å². The Morgan fingerprint density at radius 3 is 2.42 bits per heavy atom. The highest BCUT2D eigenvalue weighted by Gasteiger charge is 2.24. The lowest BCUT2D eigenvalue weighted by Crippen LogP contribution is -2.48. The number of primary amides is 1. The maximum Gasteiger partial charge on any atom is 0.325 e. The van der Waals surface area contributed by atoms with Crippen LogP contribution in [0.4, 0.5) is 0 Å². The van der Waals surface area contributed by atoms with Gasteiger partial charge in [-0.1, -0.05) is 0 Å². The van der Waals surface area contributed by atoms with E-state index in [4.69, 9.17) is 20.9 Å². The first-order chi connectivity index (χ1) is 8.92. The largest absolute Gasteiger partial charge is 0.465 e. The molecule has 0 radical (unpaired) electrons. The van der Waals surface area contributed by atoms with Gasteiger partial charge in [-0.3, -0.25) is 14.4 Å². The number of esters is 1. The van der Waals surface area contributed by atoms with E-state index in [1.54, 1.807) is 6.92 Å². The highest BCUT2D eigenvalue weighted by atomic mass is 16.5. The van der Waals surface area contributed by atoms with Crippen molar-refractivity contribution in [2.45, 2.75) is 19.4 Å². The molecule has 0 heterocycles. The molecule has 19 heavy (non-hydrogen) atoms. The molecule has 0 aliphatic rings. The summed E-state index contributed by atoms with van der Waals surface area (Å²) in [4.78, 5) is 35.3. The first-order valence-corrected chi connectivity index (χ1v) is 5.89. The predicted molar refractivity (Wildman–Crippen MR) is 66.9 cm³/mol. The molecule has 8 nitrogen and oxygen atoms in total. The van der Waals surface area contributed by atoms with Crippen molar-refractivity contribution < 1.29 is 23.9 Å². The van der Waals surface area contributed by atoms with Gasteiger partial charge in [0.15, 0.2) is 0 Å². The molecule has 0 aliphatic heterocycles. The van der Waals surface area contributed by atoms with E-state index in [-0.39, 0.29) is 32.7 Å². The van der Waals surface area contributed by atoms with E-state index < -0.39 is 23.8 Å². The second-order valence-corrected chi connectivity index (χ2v) is 3.83. The number of hydrogen-bond donors (Lipinski definition) is 2. The third kappa shape index (κ3) is 7.37. The minimum absolute atomic E-state index is 0.181. The second-order valence-electron chi connectivity index (χ2n) is 3.83. The number of carbonyl (C=O) groups excluding carboxylic acids is 3. The first kappa shape index (κ1) is 17.3. The third-order valence-corrected chi connectivity index (χ3v) is 2.24. The molecule has 0 fully saturated rings. The fourth-order valence-corrected chi connectivity index (χ4v) is 1.37. The fraction of sp³-hybridized carbons (Fsp3) is 0.727. The number of amides is 2. The normalized spacial score (nSPS) is 11.7. The molecule has 1 atom stereocenters. The van der Waals surface area contributed by atoms with Crippen molar-refractivity contribution in [3.8, 4) is 0 Å². The number of methoxy groups -OCH3 is 1. The third-order valence-electron chi connectivity index (χ3n) is 2.24. The van der Waals surface area contributed by atoms with E-state index in [0.717, 1.165) is 0 Å². The molecule has 0 aromatic carbocycles. The maximum atomic E-state index is 12.0. The van der Waals surface area contributed by atoms with Crippen LogP contribution in [0.15, 0.2) is 0 Å². The zero-order chi connectivity index (χ0) is 14.8. The van der Waals surface area contributed by atoms with Crippen LogP contribution in [0.25, 0.3) is 0 Å². The van der Waals surface area contributed by atoms with Crippen LogP contribution in [0.2, 0.25) is 0 Å². The Morgan fingerprint density at radius 1 is 1.32 bits per heavy atom. The van der Waals surface area contributed by atoms with Crippen LogP contribution in [0.5, 0.6) is 0 Å². The number of nitrogens with zero attached hydrogens (tertiary/aromatic N) is 1. The zero-order valence-corrected chi connectivity index (χ0v) is 11.3. The minimum atomic E-state index is -1.07. The van der Waals surface area contributed by atoms with Gasteiger partial charge in [0.25, 0.3) is 0 Å². The molecule has 0 bridgehead atoms. The molecule has 8 heteroatoms.